The zero-order valence-corrected chi connectivity index (χ0v) is 12.7. The fraction of sp³-hybridized carbons (Fsp3) is 0.667. The first-order valence-electron chi connectivity index (χ1n) is 6.16. The average Bonchev–Trinajstić information content (AvgIpc) is 2.38. The van der Waals surface area contributed by atoms with E-state index >= 15 is 0 Å². The largest absolute Gasteiger partial charge is 0.433 e. The number of ether oxygens (including phenoxy) is 2. The van der Waals surface area contributed by atoms with Crippen LogP contribution in [0.3, 0.4) is 0 Å². The Balaban J connectivity index is 3.14. The van der Waals surface area contributed by atoms with Crippen LogP contribution in [0.15, 0.2) is 6.07 Å². The molecule has 1 atom stereocenters. The van der Waals surface area contributed by atoms with Crippen molar-refractivity contribution in [2.75, 3.05) is 38.9 Å². The molecule has 0 saturated carbocycles. The molecule has 5 nitrogen and oxygen atoms in total. The summed E-state index contributed by atoms with van der Waals surface area (Å²) in [5, 5.41) is -0.452. The molecule has 0 aliphatic rings. The number of rotatable bonds is 7. The van der Waals surface area contributed by atoms with E-state index in [0.717, 1.165) is 6.07 Å². The lowest BCUT2D eigenvalue weighted by Gasteiger charge is -2.30. The monoisotopic (exact) mass is 327 g/mol. The van der Waals surface area contributed by atoms with Crippen LogP contribution in [-0.4, -0.2) is 50.0 Å². The van der Waals surface area contributed by atoms with E-state index in [9.17, 15) is 13.2 Å². The van der Waals surface area contributed by atoms with Gasteiger partial charge in [0, 0.05) is 26.8 Å². The number of methoxy groups -OCH3 is 2. The molecule has 1 unspecified atom stereocenters. The molecule has 0 aromatic carbocycles. The topological polar surface area (TPSA) is 47.5 Å². The molecule has 0 bridgehead atoms. The van der Waals surface area contributed by atoms with Crippen molar-refractivity contribution >= 4 is 17.4 Å². The number of hydrogen-bond acceptors (Lipinski definition) is 5. The summed E-state index contributed by atoms with van der Waals surface area (Å²) in [6.45, 7) is 2.82. The van der Waals surface area contributed by atoms with Crippen LogP contribution in [-0.2, 0) is 15.7 Å². The van der Waals surface area contributed by atoms with Gasteiger partial charge in [-0.3, -0.25) is 0 Å². The second kappa shape index (κ2) is 7.77. The molecule has 120 valence electrons. The van der Waals surface area contributed by atoms with Gasteiger partial charge in [0.25, 0.3) is 0 Å². The van der Waals surface area contributed by atoms with Crippen LogP contribution < -0.4 is 4.90 Å². The minimum Gasteiger partial charge on any atom is -0.383 e. The second-order valence-electron chi connectivity index (χ2n) is 4.37. The summed E-state index contributed by atoms with van der Waals surface area (Å²) in [6, 6.07) is 0.672. The van der Waals surface area contributed by atoms with Crippen LogP contribution in [0.2, 0.25) is 5.28 Å². The Morgan fingerprint density at radius 1 is 1.29 bits per heavy atom. The molecular formula is C12H17ClF3N3O2. The van der Waals surface area contributed by atoms with Crippen LogP contribution in [0.5, 0.6) is 0 Å². The summed E-state index contributed by atoms with van der Waals surface area (Å²) in [5.41, 5.74) is -1.08. The Morgan fingerprint density at radius 3 is 2.48 bits per heavy atom. The Labute approximate surface area is 126 Å². The van der Waals surface area contributed by atoms with Gasteiger partial charge in [-0.05, 0) is 18.5 Å². The fourth-order valence-corrected chi connectivity index (χ4v) is 1.96. The first kappa shape index (κ1) is 17.9. The summed E-state index contributed by atoms with van der Waals surface area (Å²) < 4.78 is 48.4. The number of halogens is 4. The molecule has 1 aromatic heterocycles. The third kappa shape index (κ3) is 5.29. The maximum absolute atomic E-state index is 12.8. The van der Waals surface area contributed by atoms with Gasteiger partial charge in [-0.1, -0.05) is 0 Å². The van der Waals surface area contributed by atoms with Gasteiger partial charge < -0.3 is 14.4 Å². The molecule has 0 spiro atoms. The van der Waals surface area contributed by atoms with E-state index < -0.39 is 17.2 Å². The van der Waals surface area contributed by atoms with Gasteiger partial charge in [-0.25, -0.2) is 9.97 Å². The lowest BCUT2D eigenvalue weighted by atomic mass is 10.2. The minimum atomic E-state index is -4.58. The minimum absolute atomic E-state index is 0.0870. The second-order valence-corrected chi connectivity index (χ2v) is 4.71. The van der Waals surface area contributed by atoms with Gasteiger partial charge >= 0.3 is 6.18 Å². The van der Waals surface area contributed by atoms with Gasteiger partial charge in [0.15, 0.2) is 5.69 Å². The zero-order chi connectivity index (χ0) is 16.0. The SMILES string of the molecule is COCCN(c1cc(C(F)(F)F)nc(Cl)n1)C(C)COC. The van der Waals surface area contributed by atoms with Crippen LogP contribution in [0.1, 0.15) is 12.6 Å². The smallest absolute Gasteiger partial charge is 0.383 e. The number of nitrogens with zero attached hydrogens (tertiary/aromatic N) is 3. The lowest BCUT2D eigenvalue weighted by molar-refractivity contribution is -0.141. The fourth-order valence-electron chi connectivity index (χ4n) is 1.78. The zero-order valence-electron chi connectivity index (χ0n) is 11.9. The Kier molecular flexibility index (Phi) is 6.63. The van der Waals surface area contributed by atoms with Crippen LogP contribution in [0.25, 0.3) is 0 Å². The van der Waals surface area contributed by atoms with Gasteiger partial charge in [0.2, 0.25) is 5.28 Å². The molecule has 0 aliphatic carbocycles. The normalized spacial score (nSPS) is 13.3. The van der Waals surface area contributed by atoms with Crippen molar-refractivity contribution in [1.82, 2.24) is 9.97 Å². The molecule has 0 fully saturated rings. The molecule has 0 saturated heterocycles. The van der Waals surface area contributed by atoms with Crippen LogP contribution in [0.4, 0.5) is 19.0 Å². The Bertz CT molecular complexity index is 460. The van der Waals surface area contributed by atoms with E-state index in [0.29, 0.717) is 19.8 Å². The molecule has 0 N–H and O–H groups in total. The Hall–Kier alpha value is -1.12. The Morgan fingerprint density at radius 2 is 1.95 bits per heavy atom. The van der Waals surface area contributed by atoms with Crippen molar-refractivity contribution in [3.05, 3.63) is 17.0 Å². The first-order chi connectivity index (χ1) is 9.79. The van der Waals surface area contributed by atoms with E-state index in [-0.39, 0.29) is 11.9 Å². The average molecular weight is 328 g/mol. The number of alkyl halides is 3. The molecule has 21 heavy (non-hydrogen) atoms. The van der Waals surface area contributed by atoms with Crippen LogP contribution in [0, 0.1) is 0 Å². The maximum atomic E-state index is 12.8. The predicted octanol–water partition coefficient (Wildman–Crippen LogP) is 2.64. The van der Waals surface area contributed by atoms with Crippen molar-refractivity contribution < 1.29 is 22.6 Å². The molecule has 1 heterocycles. The van der Waals surface area contributed by atoms with E-state index in [1.165, 1.54) is 14.2 Å². The highest BCUT2D eigenvalue weighted by Crippen LogP contribution is 2.30. The van der Waals surface area contributed by atoms with Crippen molar-refractivity contribution in [3.8, 4) is 0 Å². The van der Waals surface area contributed by atoms with Gasteiger partial charge in [-0.15, -0.1) is 0 Å². The highest BCUT2D eigenvalue weighted by molar-refractivity contribution is 6.28. The third-order valence-electron chi connectivity index (χ3n) is 2.75. The summed E-state index contributed by atoms with van der Waals surface area (Å²) in [7, 11) is 3.02. The highest BCUT2D eigenvalue weighted by atomic mass is 35.5. The highest BCUT2D eigenvalue weighted by Gasteiger charge is 2.34. The van der Waals surface area contributed by atoms with Crippen molar-refractivity contribution in [2.24, 2.45) is 0 Å². The quantitative estimate of drug-likeness (QED) is 0.721. The van der Waals surface area contributed by atoms with E-state index in [1.54, 1.807) is 4.90 Å². The number of aromatic nitrogens is 2. The summed E-state index contributed by atoms with van der Waals surface area (Å²) in [5.74, 6) is 0.0870. The van der Waals surface area contributed by atoms with Crippen molar-refractivity contribution in [3.63, 3.8) is 0 Å². The number of hydrogen-bond donors (Lipinski definition) is 0. The summed E-state index contributed by atoms with van der Waals surface area (Å²) >= 11 is 5.60. The standard InChI is InChI=1S/C12H17ClF3N3O2/c1-8(7-21-3)19(4-5-20-2)10-6-9(12(14,15)16)17-11(13)18-10/h6,8H,4-5,7H2,1-3H3. The molecule has 0 amide bonds. The molecule has 9 heteroatoms. The van der Waals surface area contributed by atoms with E-state index in [1.807, 2.05) is 6.92 Å². The van der Waals surface area contributed by atoms with Crippen molar-refractivity contribution in [1.29, 1.82) is 0 Å². The molecule has 0 radical (unpaired) electrons. The van der Waals surface area contributed by atoms with E-state index in [4.69, 9.17) is 21.1 Å². The molecule has 1 aromatic rings. The van der Waals surface area contributed by atoms with E-state index in [2.05, 4.69) is 9.97 Å². The van der Waals surface area contributed by atoms with Gasteiger partial charge in [-0.2, -0.15) is 13.2 Å². The number of anilines is 1. The summed E-state index contributed by atoms with van der Waals surface area (Å²) in [6.07, 6.45) is -4.58. The molecular weight excluding hydrogens is 311 g/mol. The van der Waals surface area contributed by atoms with Gasteiger partial charge in [0.1, 0.15) is 5.82 Å². The lowest BCUT2D eigenvalue weighted by Crippen LogP contribution is -2.39. The van der Waals surface area contributed by atoms with Crippen LogP contribution >= 0.6 is 11.6 Å². The first-order valence-corrected chi connectivity index (χ1v) is 6.53. The maximum Gasteiger partial charge on any atom is 0.433 e. The summed E-state index contributed by atoms with van der Waals surface area (Å²) in [4.78, 5) is 8.72. The predicted molar refractivity (Wildman–Crippen MR) is 72.6 cm³/mol. The van der Waals surface area contributed by atoms with Gasteiger partial charge in [0.05, 0.1) is 19.3 Å². The molecule has 0 aliphatic heterocycles. The molecule has 1 rings (SSSR count). The van der Waals surface area contributed by atoms with Crippen molar-refractivity contribution in [2.45, 2.75) is 19.1 Å². The third-order valence-corrected chi connectivity index (χ3v) is 2.92.